The summed E-state index contributed by atoms with van der Waals surface area (Å²) in [5.74, 6) is 0.823. The van der Waals surface area contributed by atoms with Gasteiger partial charge in [0.2, 0.25) is 4.96 Å². The van der Waals surface area contributed by atoms with Crippen molar-refractivity contribution in [2.45, 2.75) is 31.9 Å². The average Bonchev–Trinajstić information content (AvgIpc) is 3.25. The van der Waals surface area contributed by atoms with Gasteiger partial charge >= 0.3 is 0 Å². The Kier molecular flexibility index (Phi) is 4.08. The van der Waals surface area contributed by atoms with Crippen LogP contribution in [0.4, 0.5) is 5.82 Å². The van der Waals surface area contributed by atoms with E-state index in [0.29, 0.717) is 0 Å². The minimum Gasteiger partial charge on any atom is -0.390 e. The Balaban J connectivity index is 1.52. The molecule has 0 amide bonds. The van der Waals surface area contributed by atoms with Gasteiger partial charge in [-0.25, -0.2) is 4.52 Å². The summed E-state index contributed by atoms with van der Waals surface area (Å²) < 4.78 is 1.77. The molecule has 3 aromatic heterocycles. The molecule has 0 aliphatic carbocycles. The van der Waals surface area contributed by atoms with Gasteiger partial charge in [0.25, 0.3) is 0 Å². The van der Waals surface area contributed by atoms with Crippen LogP contribution < -0.4 is 10.6 Å². The smallest absolute Gasteiger partial charge is 0.214 e. The van der Waals surface area contributed by atoms with Gasteiger partial charge in [0.15, 0.2) is 5.82 Å². The molecule has 1 fully saturated rings. The number of pyridine rings is 1. The maximum Gasteiger partial charge on any atom is 0.214 e. The lowest BCUT2D eigenvalue weighted by Gasteiger charge is -2.37. The Labute approximate surface area is 166 Å². The number of benzene rings is 1. The number of aliphatic hydroxyl groups is 1. The predicted octanol–water partition coefficient (Wildman–Crippen LogP) is 2.82. The normalized spacial score (nSPS) is 16.9. The van der Waals surface area contributed by atoms with Gasteiger partial charge in [-0.2, -0.15) is 10.1 Å². The number of piperidine rings is 1. The van der Waals surface area contributed by atoms with E-state index in [1.165, 1.54) is 11.3 Å². The second-order valence-corrected chi connectivity index (χ2v) is 8.65. The first kappa shape index (κ1) is 17.5. The molecular weight excluding hydrogens is 372 g/mol. The number of nitrogens with two attached hydrogens (primary N) is 1. The summed E-state index contributed by atoms with van der Waals surface area (Å²) in [6.07, 6.45) is 3.61. The molecule has 0 spiro atoms. The van der Waals surface area contributed by atoms with Gasteiger partial charge in [-0.3, -0.25) is 4.98 Å². The highest BCUT2D eigenvalue weighted by Gasteiger charge is 2.29. The van der Waals surface area contributed by atoms with Crippen molar-refractivity contribution in [3.63, 3.8) is 0 Å². The Morgan fingerprint density at radius 3 is 2.86 bits per heavy atom. The molecule has 1 aliphatic heterocycles. The van der Waals surface area contributed by atoms with Gasteiger partial charge in [-0.1, -0.05) is 29.5 Å². The molecule has 144 valence electrons. The third kappa shape index (κ3) is 2.94. The number of aromatic nitrogens is 4. The third-order valence-corrected chi connectivity index (χ3v) is 6.44. The lowest BCUT2D eigenvalue weighted by Crippen LogP contribution is -2.48. The molecule has 0 unspecified atom stereocenters. The molecule has 1 saturated heterocycles. The zero-order valence-corrected chi connectivity index (χ0v) is 16.5. The molecule has 1 aliphatic rings. The highest BCUT2D eigenvalue weighted by molar-refractivity contribution is 7.19. The zero-order chi connectivity index (χ0) is 19.3. The van der Waals surface area contributed by atoms with Crippen molar-refractivity contribution in [1.82, 2.24) is 19.6 Å². The van der Waals surface area contributed by atoms with Gasteiger partial charge < -0.3 is 15.7 Å². The number of aliphatic hydroxyl groups excluding tert-OH is 1. The molecular formula is C20H22N6OS. The monoisotopic (exact) mass is 394 g/mol. The summed E-state index contributed by atoms with van der Waals surface area (Å²) in [6, 6.07) is 10.1. The van der Waals surface area contributed by atoms with Gasteiger partial charge in [0.1, 0.15) is 10.7 Å². The molecule has 0 atom stereocenters. The molecule has 0 saturated carbocycles. The van der Waals surface area contributed by atoms with Crippen molar-refractivity contribution in [3.8, 4) is 10.6 Å². The Morgan fingerprint density at radius 1 is 1.25 bits per heavy atom. The fourth-order valence-corrected chi connectivity index (χ4v) is 4.63. The minimum atomic E-state index is -0.122. The molecule has 8 heteroatoms. The van der Waals surface area contributed by atoms with Gasteiger partial charge in [0, 0.05) is 35.8 Å². The van der Waals surface area contributed by atoms with E-state index in [9.17, 15) is 5.11 Å². The fraction of sp³-hybridized carbons (Fsp3) is 0.350. The predicted molar refractivity (Wildman–Crippen MR) is 112 cm³/mol. The van der Waals surface area contributed by atoms with E-state index >= 15 is 0 Å². The minimum absolute atomic E-state index is 0.102. The summed E-state index contributed by atoms with van der Waals surface area (Å²) in [4.78, 5) is 12.2. The quantitative estimate of drug-likeness (QED) is 0.555. The zero-order valence-electron chi connectivity index (χ0n) is 15.7. The second kappa shape index (κ2) is 6.51. The summed E-state index contributed by atoms with van der Waals surface area (Å²) in [7, 11) is 0. The van der Waals surface area contributed by atoms with Crippen LogP contribution in [-0.4, -0.2) is 43.3 Å². The molecule has 4 aromatic rings. The number of fused-ring (bicyclic) bond motifs is 2. The summed E-state index contributed by atoms with van der Waals surface area (Å²) in [6.45, 7) is 3.67. The van der Waals surface area contributed by atoms with Crippen molar-refractivity contribution in [2.24, 2.45) is 5.73 Å². The molecule has 5 rings (SSSR count). The average molecular weight is 395 g/mol. The standard InChI is InChI=1S/C20H22N6OS/c1-20(21)6-9-25(10-7-20)17-16(12-27)26-19(23-17)28-18(24-26)14-5-4-13-3-2-8-22-15(13)11-14/h2-5,8,11,27H,6-7,9-10,12,21H2,1H3. The lowest BCUT2D eigenvalue weighted by atomic mass is 9.91. The summed E-state index contributed by atoms with van der Waals surface area (Å²) in [5.41, 5.74) is 8.80. The number of anilines is 1. The molecule has 0 radical (unpaired) electrons. The first-order valence-electron chi connectivity index (χ1n) is 9.42. The van der Waals surface area contributed by atoms with E-state index in [1.807, 2.05) is 18.2 Å². The Hall–Kier alpha value is -2.55. The van der Waals surface area contributed by atoms with Crippen molar-refractivity contribution >= 4 is 33.0 Å². The van der Waals surface area contributed by atoms with E-state index in [0.717, 1.165) is 63.9 Å². The number of rotatable bonds is 3. The molecule has 0 bridgehead atoms. The first-order valence-corrected chi connectivity index (χ1v) is 10.2. The van der Waals surface area contributed by atoms with E-state index in [4.69, 9.17) is 15.8 Å². The van der Waals surface area contributed by atoms with E-state index in [-0.39, 0.29) is 12.1 Å². The van der Waals surface area contributed by atoms with Gasteiger partial charge in [-0.05, 0) is 31.9 Å². The summed E-state index contributed by atoms with van der Waals surface area (Å²) in [5, 5.41) is 16.7. The van der Waals surface area contributed by atoms with Crippen LogP contribution in [-0.2, 0) is 6.61 Å². The molecule has 3 N–H and O–H groups in total. The molecule has 4 heterocycles. The van der Waals surface area contributed by atoms with Gasteiger partial charge in [-0.15, -0.1) is 0 Å². The fourth-order valence-electron chi connectivity index (χ4n) is 3.72. The van der Waals surface area contributed by atoms with Crippen molar-refractivity contribution in [2.75, 3.05) is 18.0 Å². The summed E-state index contributed by atoms with van der Waals surface area (Å²) >= 11 is 1.52. The SMILES string of the molecule is CC1(N)CCN(c2nc3sc(-c4ccc5cccnc5c4)nn3c2CO)CC1. The van der Waals surface area contributed by atoms with Crippen LogP contribution in [0.15, 0.2) is 36.5 Å². The Morgan fingerprint density at radius 2 is 2.07 bits per heavy atom. The van der Waals surface area contributed by atoms with Crippen LogP contribution in [0.1, 0.15) is 25.5 Å². The van der Waals surface area contributed by atoms with Crippen LogP contribution in [0.2, 0.25) is 0 Å². The number of hydrogen-bond donors (Lipinski definition) is 2. The third-order valence-electron chi connectivity index (χ3n) is 5.48. The largest absolute Gasteiger partial charge is 0.390 e. The van der Waals surface area contributed by atoms with Gasteiger partial charge in [0.05, 0.1) is 12.1 Å². The van der Waals surface area contributed by atoms with E-state index in [2.05, 4.69) is 28.9 Å². The molecule has 28 heavy (non-hydrogen) atoms. The maximum absolute atomic E-state index is 10.0. The highest BCUT2D eigenvalue weighted by Crippen LogP contribution is 2.33. The topological polar surface area (TPSA) is 92.6 Å². The Bertz CT molecular complexity index is 1150. The number of imidazole rings is 1. The number of nitrogens with zero attached hydrogens (tertiary/aromatic N) is 5. The van der Waals surface area contributed by atoms with Crippen LogP contribution in [0.3, 0.4) is 0 Å². The van der Waals surface area contributed by atoms with Crippen LogP contribution in [0, 0.1) is 0 Å². The first-order chi connectivity index (χ1) is 13.5. The van der Waals surface area contributed by atoms with E-state index < -0.39 is 0 Å². The molecule has 1 aromatic carbocycles. The van der Waals surface area contributed by atoms with Crippen LogP contribution in [0.25, 0.3) is 26.4 Å². The maximum atomic E-state index is 10.0. The van der Waals surface area contributed by atoms with Crippen molar-refractivity contribution in [3.05, 3.63) is 42.2 Å². The van der Waals surface area contributed by atoms with Crippen molar-refractivity contribution < 1.29 is 5.11 Å². The lowest BCUT2D eigenvalue weighted by molar-refractivity contribution is 0.274. The second-order valence-electron chi connectivity index (χ2n) is 7.69. The van der Waals surface area contributed by atoms with Crippen LogP contribution in [0.5, 0.6) is 0 Å². The van der Waals surface area contributed by atoms with Crippen LogP contribution >= 0.6 is 11.3 Å². The molecule has 7 nitrogen and oxygen atoms in total. The highest BCUT2D eigenvalue weighted by atomic mass is 32.1. The van der Waals surface area contributed by atoms with Crippen molar-refractivity contribution in [1.29, 1.82) is 0 Å². The number of hydrogen-bond acceptors (Lipinski definition) is 7. The van der Waals surface area contributed by atoms with E-state index in [1.54, 1.807) is 10.7 Å².